The zero-order valence-corrected chi connectivity index (χ0v) is 14.9. The smallest absolute Gasteiger partial charge is 0.478 e. The largest absolute Gasteiger partial charge is 0.534 e. The van der Waals surface area contributed by atoms with E-state index < -0.39 is 21.6 Å². The third-order valence-electron chi connectivity index (χ3n) is 4.03. The van der Waals surface area contributed by atoms with Crippen molar-refractivity contribution in [3.8, 4) is 0 Å². The van der Waals surface area contributed by atoms with E-state index in [1.54, 1.807) is 42.5 Å². The van der Waals surface area contributed by atoms with E-state index in [1.165, 1.54) is 18.2 Å². The average Bonchev–Trinajstić information content (AvgIpc) is 3.02. The zero-order valence-electron chi connectivity index (χ0n) is 14.1. The Morgan fingerprint density at radius 1 is 1.07 bits per heavy atom. The van der Waals surface area contributed by atoms with Gasteiger partial charge in [0.1, 0.15) is 5.76 Å². The van der Waals surface area contributed by atoms with Gasteiger partial charge in [0.2, 0.25) is 0 Å². The van der Waals surface area contributed by atoms with Gasteiger partial charge in [-0.3, -0.25) is 0 Å². The number of aromatic carboxylic acids is 1. The first-order chi connectivity index (χ1) is 13.1. The van der Waals surface area contributed by atoms with Gasteiger partial charge in [-0.05, 0) is 41.3 Å². The van der Waals surface area contributed by atoms with Crippen molar-refractivity contribution in [3.05, 3.63) is 76.4 Å². The topological polar surface area (TPSA) is 80.7 Å². The van der Waals surface area contributed by atoms with Gasteiger partial charge in [0.05, 0.1) is 5.56 Å². The molecule has 0 radical (unpaired) electrons. The summed E-state index contributed by atoms with van der Waals surface area (Å²) in [5.74, 6) is -1.43. The summed E-state index contributed by atoms with van der Waals surface area (Å²) in [5, 5.41) is 8.90. The first-order valence-electron chi connectivity index (χ1n) is 7.93. The van der Waals surface area contributed by atoms with Crippen molar-refractivity contribution in [2.24, 2.45) is 0 Å². The lowest BCUT2D eigenvalue weighted by Gasteiger charge is -2.13. The number of allylic oxidation sites excluding steroid dienone is 1. The Balaban J connectivity index is 1.91. The van der Waals surface area contributed by atoms with E-state index in [0.29, 0.717) is 16.7 Å². The van der Waals surface area contributed by atoms with Crippen LogP contribution in [0.1, 0.15) is 32.6 Å². The lowest BCUT2D eigenvalue weighted by molar-refractivity contribution is -0.0509. The summed E-state index contributed by atoms with van der Waals surface area (Å²) in [6, 6.07) is 11.0. The van der Waals surface area contributed by atoms with E-state index in [-0.39, 0.29) is 23.3 Å². The fourth-order valence-electron chi connectivity index (χ4n) is 2.70. The fourth-order valence-corrected chi connectivity index (χ4v) is 3.18. The molecule has 1 aliphatic rings. The molecule has 0 heterocycles. The lowest BCUT2D eigenvalue weighted by atomic mass is 10.0. The molecule has 0 amide bonds. The molecule has 0 atom stereocenters. The van der Waals surface area contributed by atoms with Crippen molar-refractivity contribution in [3.63, 3.8) is 0 Å². The highest BCUT2D eigenvalue weighted by Gasteiger charge is 2.49. The van der Waals surface area contributed by atoms with Gasteiger partial charge in [-0.1, -0.05) is 42.5 Å². The van der Waals surface area contributed by atoms with Crippen molar-refractivity contribution < 1.29 is 35.7 Å². The lowest BCUT2D eigenvalue weighted by Crippen LogP contribution is -2.25. The molecule has 0 aliphatic heterocycles. The third-order valence-corrected chi connectivity index (χ3v) is 5.00. The van der Waals surface area contributed by atoms with Crippen LogP contribution in [0.25, 0.3) is 17.9 Å². The van der Waals surface area contributed by atoms with Crippen LogP contribution < -0.4 is 0 Å². The molecule has 9 heteroatoms. The minimum absolute atomic E-state index is 0.119. The van der Waals surface area contributed by atoms with Crippen LogP contribution in [-0.2, 0) is 20.7 Å². The second kappa shape index (κ2) is 7.16. The highest BCUT2D eigenvalue weighted by Crippen LogP contribution is 2.36. The Morgan fingerprint density at radius 3 is 2.36 bits per heavy atom. The maximum Gasteiger partial charge on any atom is 0.534 e. The van der Waals surface area contributed by atoms with Gasteiger partial charge >= 0.3 is 21.6 Å². The minimum Gasteiger partial charge on any atom is -0.478 e. The minimum atomic E-state index is -5.77. The third kappa shape index (κ3) is 3.94. The summed E-state index contributed by atoms with van der Waals surface area (Å²) in [6.07, 6.45) is 4.76. The van der Waals surface area contributed by atoms with Crippen molar-refractivity contribution in [2.45, 2.75) is 11.9 Å². The van der Waals surface area contributed by atoms with Gasteiger partial charge in [0, 0.05) is 5.56 Å². The first-order valence-corrected chi connectivity index (χ1v) is 9.34. The van der Waals surface area contributed by atoms with Crippen LogP contribution in [0.5, 0.6) is 0 Å². The van der Waals surface area contributed by atoms with Gasteiger partial charge in [-0.25, -0.2) is 4.79 Å². The van der Waals surface area contributed by atoms with Crippen LogP contribution in [0, 0.1) is 0 Å². The van der Waals surface area contributed by atoms with E-state index in [0.717, 1.165) is 0 Å². The van der Waals surface area contributed by atoms with Gasteiger partial charge < -0.3 is 9.29 Å². The van der Waals surface area contributed by atoms with Crippen LogP contribution in [0.4, 0.5) is 13.2 Å². The summed E-state index contributed by atoms with van der Waals surface area (Å²) >= 11 is 0. The van der Waals surface area contributed by atoms with Crippen LogP contribution >= 0.6 is 0 Å². The Kier molecular flexibility index (Phi) is 5.03. The van der Waals surface area contributed by atoms with E-state index in [9.17, 15) is 26.4 Å². The van der Waals surface area contributed by atoms with E-state index in [4.69, 9.17) is 5.11 Å². The monoisotopic (exact) mass is 410 g/mol. The summed E-state index contributed by atoms with van der Waals surface area (Å²) < 4.78 is 64.9. The molecular weight excluding hydrogens is 397 g/mol. The second-order valence-corrected chi connectivity index (χ2v) is 7.44. The standard InChI is InChI=1S/C19H13F3O5S/c20-19(21,22)28(25,26)27-16-11-10-14-3-1-2-13(17(14)16)7-4-12-5-8-15(9-6-12)18(23)24/h1-9,11H,10H2,(H,23,24). The Hall–Kier alpha value is -3.07. The summed E-state index contributed by atoms with van der Waals surface area (Å²) in [7, 11) is -5.77. The molecule has 2 aromatic rings. The van der Waals surface area contributed by atoms with Crippen molar-refractivity contribution in [2.75, 3.05) is 0 Å². The number of carboxylic acid groups (broad SMARTS) is 1. The van der Waals surface area contributed by atoms with Crippen LogP contribution in [0.15, 0.2) is 48.5 Å². The predicted molar refractivity (Wildman–Crippen MR) is 96.5 cm³/mol. The zero-order chi connectivity index (χ0) is 20.5. The molecule has 3 rings (SSSR count). The number of carbonyl (C=O) groups is 1. The van der Waals surface area contributed by atoms with Crippen molar-refractivity contribution in [1.82, 2.24) is 0 Å². The fraction of sp³-hybridized carbons (Fsp3) is 0.105. The predicted octanol–water partition coefficient (Wildman–Crippen LogP) is 4.32. The Morgan fingerprint density at radius 2 is 1.75 bits per heavy atom. The molecule has 0 spiro atoms. The number of fused-ring (bicyclic) bond motifs is 1. The molecular formula is C19H13F3O5S. The summed E-state index contributed by atoms with van der Waals surface area (Å²) in [5.41, 5.74) is -3.36. The highest BCUT2D eigenvalue weighted by molar-refractivity contribution is 7.87. The van der Waals surface area contributed by atoms with Gasteiger partial charge in [0.15, 0.2) is 0 Å². The van der Waals surface area contributed by atoms with E-state index in [2.05, 4.69) is 4.18 Å². The number of carboxylic acids is 1. The first kappa shape index (κ1) is 19.7. The van der Waals surface area contributed by atoms with Gasteiger partial charge in [-0.15, -0.1) is 0 Å². The molecule has 1 aliphatic carbocycles. The molecule has 0 fully saturated rings. The molecule has 0 bridgehead atoms. The molecule has 2 aromatic carbocycles. The van der Waals surface area contributed by atoms with Gasteiger partial charge in [-0.2, -0.15) is 21.6 Å². The Bertz CT molecular complexity index is 1080. The quantitative estimate of drug-likeness (QED) is 0.451. The van der Waals surface area contributed by atoms with Crippen molar-refractivity contribution in [1.29, 1.82) is 0 Å². The summed E-state index contributed by atoms with van der Waals surface area (Å²) in [6.45, 7) is 0. The van der Waals surface area contributed by atoms with E-state index >= 15 is 0 Å². The van der Waals surface area contributed by atoms with Crippen LogP contribution in [0.2, 0.25) is 0 Å². The van der Waals surface area contributed by atoms with Crippen molar-refractivity contribution >= 4 is 34.0 Å². The molecule has 0 saturated heterocycles. The number of halogens is 3. The normalized spacial score (nSPS) is 14.0. The number of rotatable bonds is 5. The molecule has 0 unspecified atom stereocenters. The maximum absolute atomic E-state index is 12.6. The van der Waals surface area contributed by atoms with E-state index in [1.807, 2.05) is 0 Å². The van der Waals surface area contributed by atoms with Crippen LogP contribution in [-0.4, -0.2) is 25.0 Å². The SMILES string of the molecule is O=C(O)c1ccc(C=Cc2cccc3c2C(OS(=O)(=O)C(F)(F)F)=CC3)cc1. The number of hydrogen-bond acceptors (Lipinski definition) is 4. The molecule has 1 N–H and O–H groups in total. The molecule has 146 valence electrons. The highest BCUT2D eigenvalue weighted by atomic mass is 32.2. The Labute approximate surface area is 158 Å². The molecule has 0 saturated carbocycles. The maximum atomic E-state index is 12.6. The second-order valence-electron chi connectivity index (χ2n) is 5.90. The van der Waals surface area contributed by atoms with Gasteiger partial charge in [0.25, 0.3) is 0 Å². The number of alkyl halides is 3. The number of benzene rings is 2. The number of hydrogen-bond donors (Lipinski definition) is 1. The molecule has 5 nitrogen and oxygen atoms in total. The molecule has 28 heavy (non-hydrogen) atoms. The summed E-state index contributed by atoms with van der Waals surface area (Å²) in [4.78, 5) is 10.9. The van der Waals surface area contributed by atoms with Crippen LogP contribution in [0.3, 0.4) is 0 Å². The molecule has 0 aromatic heterocycles. The average molecular weight is 410 g/mol.